The number of fused-ring (bicyclic) bond motifs is 12. The smallest absolute Gasteiger partial charge is 0.497 e. The van der Waals surface area contributed by atoms with Gasteiger partial charge in [0.2, 0.25) is 0 Å². The van der Waals surface area contributed by atoms with Crippen LogP contribution in [0.3, 0.4) is 0 Å². The van der Waals surface area contributed by atoms with E-state index in [9.17, 15) is 21.6 Å². The molecule has 0 aliphatic heterocycles. The van der Waals surface area contributed by atoms with Gasteiger partial charge in [-0.1, -0.05) is 127 Å². The molecule has 0 aromatic heterocycles. The van der Waals surface area contributed by atoms with E-state index < -0.39 is 15.6 Å². The lowest BCUT2D eigenvalue weighted by Crippen LogP contribution is -2.28. The van der Waals surface area contributed by atoms with Crippen LogP contribution in [0.1, 0.15) is 0 Å². The minimum atomic E-state index is -5.76. The van der Waals surface area contributed by atoms with Crippen LogP contribution in [0.4, 0.5) is 13.2 Å². The second kappa shape index (κ2) is 12.3. The lowest BCUT2D eigenvalue weighted by atomic mass is 9.86. The van der Waals surface area contributed by atoms with Gasteiger partial charge in [-0.3, -0.25) is 0 Å². The van der Waals surface area contributed by atoms with E-state index in [4.69, 9.17) is 4.74 Å². The Bertz CT molecular complexity index is 3760. The second-order valence-electron chi connectivity index (χ2n) is 14.6. The molecule has 280 valence electrons. The zero-order valence-electron chi connectivity index (χ0n) is 30.7. The molecule has 0 bridgehead atoms. The molecule has 0 N–H and O–H groups in total. The first-order valence-corrected chi connectivity index (χ1v) is 20.1. The fourth-order valence-electron chi connectivity index (χ4n) is 9.30. The maximum Gasteiger partial charge on any atom is 0.534 e. The summed E-state index contributed by atoms with van der Waals surface area (Å²) in [6.07, 6.45) is 0. The van der Waals surface area contributed by atoms with Crippen LogP contribution >= 0.6 is 0 Å². The van der Waals surface area contributed by atoms with E-state index in [1.807, 2.05) is 48.5 Å². The summed E-state index contributed by atoms with van der Waals surface area (Å²) < 4.78 is 71.5. The molecule has 58 heavy (non-hydrogen) atoms. The predicted octanol–water partition coefficient (Wildman–Crippen LogP) is 14.0. The number of hydrogen-bond donors (Lipinski definition) is 0. The number of benzene rings is 12. The molecule has 0 radical (unpaired) electrons. The van der Waals surface area contributed by atoms with Gasteiger partial charge >= 0.3 is 15.6 Å². The Kier molecular flexibility index (Phi) is 7.29. The molecule has 0 aliphatic rings. The van der Waals surface area contributed by atoms with Gasteiger partial charge < -0.3 is 8.92 Å². The number of rotatable bonds is 3. The topological polar surface area (TPSA) is 52.6 Å². The average molecular weight is 783 g/mol. The van der Waals surface area contributed by atoms with Crippen LogP contribution in [0.2, 0.25) is 0 Å². The normalized spacial score (nSPS) is 12.6. The molecule has 0 saturated heterocycles. The third-order valence-electron chi connectivity index (χ3n) is 11.6. The Hall–Kier alpha value is -6.90. The van der Waals surface area contributed by atoms with Crippen molar-refractivity contribution in [1.29, 1.82) is 0 Å². The molecule has 0 unspecified atom stereocenters. The zero-order chi connectivity index (χ0) is 39.5. The summed E-state index contributed by atoms with van der Waals surface area (Å²) >= 11 is 0. The molecular formula is C50H29F3O4S. The lowest BCUT2D eigenvalue weighted by Gasteiger charge is -2.18. The van der Waals surface area contributed by atoms with Gasteiger partial charge in [0.15, 0.2) is 0 Å². The minimum Gasteiger partial charge on any atom is -0.497 e. The molecule has 4 nitrogen and oxygen atoms in total. The fraction of sp³-hybridized carbons (Fsp3) is 0.0400. The summed E-state index contributed by atoms with van der Waals surface area (Å²) in [5.41, 5.74) is -5.50. The van der Waals surface area contributed by atoms with Gasteiger partial charge in [-0.25, -0.2) is 0 Å². The zero-order valence-corrected chi connectivity index (χ0v) is 31.5. The molecule has 0 spiro atoms. The number of alkyl halides is 3. The quantitative estimate of drug-likeness (QED) is 0.0775. The van der Waals surface area contributed by atoms with Crippen LogP contribution in [0.25, 0.3) is 108 Å². The first-order chi connectivity index (χ1) is 28.1. The van der Waals surface area contributed by atoms with Gasteiger partial charge in [0.1, 0.15) is 11.5 Å². The van der Waals surface area contributed by atoms with Crippen molar-refractivity contribution >= 4 is 118 Å². The summed E-state index contributed by atoms with van der Waals surface area (Å²) in [6.45, 7) is 0. The Morgan fingerprint density at radius 3 is 0.966 bits per heavy atom. The molecule has 8 heteroatoms. The first-order valence-electron chi connectivity index (χ1n) is 18.7. The van der Waals surface area contributed by atoms with E-state index in [-0.39, 0.29) is 5.75 Å². The van der Waals surface area contributed by atoms with E-state index in [1.165, 1.54) is 66.0 Å². The molecule has 0 aliphatic carbocycles. The van der Waals surface area contributed by atoms with E-state index in [0.29, 0.717) is 5.39 Å². The van der Waals surface area contributed by atoms with Crippen LogP contribution in [0.5, 0.6) is 11.5 Å². The monoisotopic (exact) mass is 782 g/mol. The predicted molar refractivity (Wildman–Crippen MR) is 232 cm³/mol. The van der Waals surface area contributed by atoms with Crippen molar-refractivity contribution in [3.63, 3.8) is 0 Å². The second-order valence-corrected chi connectivity index (χ2v) is 16.1. The SMILES string of the molecule is COc1ccc2c(c1)c1cccc3c4ccccc4c4cccc2c4c31.O=S(=O)(Oc1ccc2c(c1)c1cccc3c4ccccc4c4cccc2c4c31)C(F)(F)F. The largest absolute Gasteiger partial charge is 0.534 e. The summed E-state index contributed by atoms with van der Waals surface area (Å²) in [5, 5.41) is 22.7. The van der Waals surface area contributed by atoms with Crippen molar-refractivity contribution < 1.29 is 30.5 Å². The van der Waals surface area contributed by atoms with E-state index in [1.54, 1.807) is 13.2 Å². The van der Waals surface area contributed by atoms with E-state index in [0.717, 1.165) is 54.2 Å². The molecule has 0 atom stereocenters. The number of halogens is 3. The fourth-order valence-corrected chi connectivity index (χ4v) is 9.75. The summed E-state index contributed by atoms with van der Waals surface area (Å²) in [6, 6.07) is 52.6. The van der Waals surface area contributed by atoms with Gasteiger partial charge in [-0.05, 0) is 138 Å². The average Bonchev–Trinajstić information content (AvgIpc) is 3.25. The molecule has 12 aromatic carbocycles. The molecule has 12 aromatic rings. The van der Waals surface area contributed by atoms with Crippen molar-refractivity contribution in [3.8, 4) is 11.5 Å². The Labute approximate surface area is 329 Å². The highest BCUT2D eigenvalue weighted by Crippen LogP contribution is 2.47. The molecule has 0 saturated carbocycles. The minimum absolute atomic E-state index is 0.380. The molecule has 0 heterocycles. The van der Waals surface area contributed by atoms with Crippen LogP contribution in [0.15, 0.2) is 158 Å². The third kappa shape index (κ3) is 4.85. The Balaban J connectivity index is 0.000000136. The molecular weight excluding hydrogens is 754 g/mol. The third-order valence-corrected chi connectivity index (χ3v) is 12.6. The van der Waals surface area contributed by atoms with Crippen molar-refractivity contribution in [3.05, 3.63) is 158 Å². The molecule has 0 amide bonds. The maximum atomic E-state index is 12.8. The highest BCUT2D eigenvalue weighted by molar-refractivity contribution is 7.88. The van der Waals surface area contributed by atoms with Crippen LogP contribution in [-0.2, 0) is 10.1 Å². The Morgan fingerprint density at radius 1 is 0.362 bits per heavy atom. The molecule has 12 rings (SSSR count). The van der Waals surface area contributed by atoms with Gasteiger partial charge in [0.25, 0.3) is 0 Å². The first kappa shape index (κ1) is 34.4. The number of hydrogen-bond acceptors (Lipinski definition) is 4. The molecule has 0 fully saturated rings. The highest BCUT2D eigenvalue weighted by atomic mass is 32.2. The van der Waals surface area contributed by atoms with Gasteiger partial charge in [0, 0.05) is 0 Å². The number of ether oxygens (including phenoxy) is 1. The van der Waals surface area contributed by atoms with Crippen molar-refractivity contribution in [2.45, 2.75) is 5.51 Å². The van der Waals surface area contributed by atoms with Crippen LogP contribution in [-0.4, -0.2) is 21.0 Å². The van der Waals surface area contributed by atoms with E-state index >= 15 is 0 Å². The van der Waals surface area contributed by atoms with Crippen LogP contribution in [0, 0.1) is 0 Å². The lowest BCUT2D eigenvalue weighted by molar-refractivity contribution is -0.0500. The Morgan fingerprint density at radius 2 is 0.638 bits per heavy atom. The van der Waals surface area contributed by atoms with Gasteiger partial charge in [-0.2, -0.15) is 21.6 Å². The van der Waals surface area contributed by atoms with Crippen molar-refractivity contribution in [2.24, 2.45) is 0 Å². The van der Waals surface area contributed by atoms with Crippen molar-refractivity contribution in [2.75, 3.05) is 7.11 Å². The summed E-state index contributed by atoms with van der Waals surface area (Å²) in [4.78, 5) is 0. The standard InChI is InChI=1S/C25H13F3O3S.C25H16O/c26-25(27,28)32(29,30)31-14-11-12-17-20-9-3-7-18-15-5-1-2-6-16(15)19-8-4-10-21(22(17)13-14)24(19)23(18)20;1-26-15-12-13-18-21-10-4-8-19-16-6-2-3-7-17(16)20-9-5-11-22(23(18)14-15)25(20)24(19)21/h1-13H;2-14H,1H3. The summed E-state index contributed by atoms with van der Waals surface area (Å²) in [5.74, 6) is 0.520. The number of methoxy groups -OCH3 is 1. The van der Waals surface area contributed by atoms with E-state index in [2.05, 4.69) is 95.2 Å². The van der Waals surface area contributed by atoms with Crippen molar-refractivity contribution in [1.82, 2.24) is 0 Å². The van der Waals surface area contributed by atoms with Gasteiger partial charge in [0.05, 0.1) is 7.11 Å². The van der Waals surface area contributed by atoms with Crippen LogP contribution < -0.4 is 8.92 Å². The highest BCUT2D eigenvalue weighted by Gasteiger charge is 2.48. The maximum absolute atomic E-state index is 12.8. The van der Waals surface area contributed by atoms with Gasteiger partial charge in [-0.15, -0.1) is 0 Å². The summed E-state index contributed by atoms with van der Waals surface area (Å²) in [7, 11) is -4.03.